The van der Waals surface area contributed by atoms with E-state index in [1.807, 2.05) is 0 Å². The number of hydrogen-bond donors (Lipinski definition) is 0. The van der Waals surface area contributed by atoms with E-state index in [0.29, 0.717) is 0 Å². The van der Waals surface area contributed by atoms with Crippen molar-refractivity contribution in [1.82, 2.24) is 9.97 Å². The van der Waals surface area contributed by atoms with E-state index < -0.39 is 76.7 Å². The number of carbonyl (C=O) groups is 1. The van der Waals surface area contributed by atoms with Crippen molar-refractivity contribution < 1.29 is 44.7 Å². The Bertz CT molecular complexity index is 774. The minimum absolute atomic E-state index is 0.506. The van der Waals surface area contributed by atoms with Crippen molar-refractivity contribution in [3.8, 4) is 0 Å². The van der Waals surface area contributed by atoms with Crippen molar-refractivity contribution in [3.05, 3.63) is 58.2 Å². The maximum absolute atomic E-state index is 13.9. The zero-order valence-corrected chi connectivity index (χ0v) is 12.5. The van der Waals surface area contributed by atoms with Gasteiger partial charge in [0.25, 0.3) is 23.8 Å². The maximum atomic E-state index is 13.9. The van der Waals surface area contributed by atoms with Gasteiger partial charge in [0.1, 0.15) is 5.92 Å². The maximum Gasteiger partial charge on any atom is 0.318 e. The largest absolute Gasteiger partial charge is 0.465 e. The zero-order chi connectivity index (χ0) is 19.8. The van der Waals surface area contributed by atoms with Crippen LogP contribution in [0.15, 0.2) is 0 Å². The van der Waals surface area contributed by atoms with Gasteiger partial charge >= 0.3 is 5.97 Å². The van der Waals surface area contributed by atoms with Gasteiger partial charge in [0, 0.05) is 0 Å². The Morgan fingerprint density at radius 2 is 1.08 bits per heavy atom. The molecule has 0 amide bonds. The van der Waals surface area contributed by atoms with Crippen LogP contribution in [0.25, 0.3) is 0 Å². The molecule has 2 aromatic rings. The van der Waals surface area contributed by atoms with Crippen molar-refractivity contribution >= 4 is 5.97 Å². The number of pyridine rings is 2. The summed E-state index contributed by atoms with van der Waals surface area (Å²) in [5, 5.41) is 0. The van der Waals surface area contributed by atoms with Crippen LogP contribution in [0.1, 0.15) is 24.0 Å². The minimum Gasteiger partial charge on any atom is -0.465 e. The number of hydrogen-bond acceptors (Lipinski definition) is 4. The predicted molar refractivity (Wildman–Crippen MR) is 66.6 cm³/mol. The van der Waals surface area contributed by atoms with Crippen LogP contribution in [0.2, 0.25) is 0 Å². The fourth-order valence-corrected chi connectivity index (χ4v) is 2.12. The van der Waals surface area contributed by atoms with Gasteiger partial charge in [-0.05, 0) is 6.92 Å². The van der Waals surface area contributed by atoms with Crippen LogP contribution < -0.4 is 0 Å². The molecule has 0 fully saturated rings. The highest BCUT2D eigenvalue weighted by molar-refractivity contribution is 5.82. The summed E-state index contributed by atoms with van der Waals surface area (Å²) in [6.45, 7) is 0.670. The molecular formula is C14H6F8N2O2. The van der Waals surface area contributed by atoms with Gasteiger partial charge < -0.3 is 4.74 Å². The Hall–Kier alpha value is -2.79. The van der Waals surface area contributed by atoms with Crippen molar-refractivity contribution in [2.75, 3.05) is 6.61 Å². The van der Waals surface area contributed by atoms with E-state index in [0.717, 1.165) is 0 Å². The lowest BCUT2D eigenvalue weighted by molar-refractivity contribution is -0.144. The Balaban J connectivity index is 2.92. The van der Waals surface area contributed by atoms with E-state index in [1.54, 1.807) is 0 Å². The van der Waals surface area contributed by atoms with Gasteiger partial charge in [-0.25, -0.2) is 17.6 Å². The standard InChI is InChI=1S/C14H6F8N2O2/c1-2-26-14(25)3(4-6(15)10(19)23-11(20)7(4)16)5-8(17)12(21)24-13(22)9(5)18/h3H,2H2,1H3. The SMILES string of the molecule is CCOC(=O)C(c1c(F)c(F)nc(F)c1F)c1c(F)c(F)nc(F)c1F. The fourth-order valence-electron chi connectivity index (χ4n) is 2.12. The molecule has 0 aliphatic rings. The van der Waals surface area contributed by atoms with E-state index in [1.165, 1.54) is 6.92 Å². The van der Waals surface area contributed by atoms with Gasteiger partial charge in [0.05, 0.1) is 17.7 Å². The molecule has 4 nitrogen and oxygen atoms in total. The molecule has 140 valence electrons. The molecule has 26 heavy (non-hydrogen) atoms. The molecule has 0 unspecified atom stereocenters. The quantitative estimate of drug-likeness (QED) is 0.460. The lowest BCUT2D eigenvalue weighted by Crippen LogP contribution is -2.25. The second kappa shape index (κ2) is 7.22. The number of nitrogens with zero attached hydrogens (tertiary/aromatic N) is 2. The molecule has 0 radical (unpaired) electrons. The van der Waals surface area contributed by atoms with Gasteiger partial charge in [-0.3, -0.25) is 4.79 Å². The molecule has 2 rings (SSSR count). The third kappa shape index (κ3) is 3.18. The van der Waals surface area contributed by atoms with E-state index in [9.17, 15) is 39.9 Å². The molecule has 12 heteroatoms. The summed E-state index contributed by atoms with van der Waals surface area (Å²) in [7, 11) is 0. The van der Waals surface area contributed by atoms with Crippen LogP contribution in [0, 0.1) is 47.1 Å². The molecule has 2 heterocycles. The Kier molecular flexibility index (Phi) is 5.42. The van der Waals surface area contributed by atoms with Gasteiger partial charge in [0.2, 0.25) is 0 Å². The summed E-state index contributed by atoms with van der Waals surface area (Å²) in [6.07, 6.45) is 0. The van der Waals surface area contributed by atoms with Crippen molar-refractivity contribution in [2.24, 2.45) is 0 Å². The third-order valence-electron chi connectivity index (χ3n) is 3.16. The first-order valence-electron chi connectivity index (χ1n) is 6.68. The summed E-state index contributed by atoms with van der Waals surface area (Å²) in [5.41, 5.74) is -3.76. The first-order valence-corrected chi connectivity index (χ1v) is 6.68. The van der Waals surface area contributed by atoms with Gasteiger partial charge in [-0.2, -0.15) is 27.5 Å². The lowest BCUT2D eigenvalue weighted by atomic mass is 9.90. The van der Waals surface area contributed by atoms with Crippen LogP contribution in [-0.4, -0.2) is 22.5 Å². The first-order chi connectivity index (χ1) is 12.1. The zero-order valence-electron chi connectivity index (χ0n) is 12.5. The Labute approximate surface area is 139 Å². The van der Waals surface area contributed by atoms with Crippen LogP contribution in [0.4, 0.5) is 35.1 Å². The monoisotopic (exact) mass is 386 g/mol. The lowest BCUT2D eigenvalue weighted by Gasteiger charge is -2.19. The predicted octanol–water partition coefficient (Wildman–Crippen LogP) is 3.28. The van der Waals surface area contributed by atoms with E-state index in [-0.39, 0.29) is 0 Å². The topological polar surface area (TPSA) is 52.1 Å². The first kappa shape index (κ1) is 19.5. The molecule has 0 aliphatic carbocycles. The molecular weight excluding hydrogens is 380 g/mol. The van der Waals surface area contributed by atoms with Crippen molar-refractivity contribution in [1.29, 1.82) is 0 Å². The Morgan fingerprint density at radius 3 is 1.35 bits per heavy atom. The average molecular weight is 386 g/mol. The minimum atomic E-state index is -2.92. The number of rotatable bonds is 4. The third-order valence-corrected chi connectivity index (χ3v) is 3.16. The van der Waals surface area contributed by atoms with Crippen LogP contribution in [0.5, 0.6) is 0 Å². The van der Waals surface area contributed by atoms with Crippen LogP contribution >= 0.6 is 0 Å². The number of halogens is 8. The summed E-state index contributed by atoms with van der Waals surface area (Å²) < 4.78 is 113. The van der Waals surface area contributed by atoms with E-state index in [2.05, 4.69) is 14.7 Å². The number of esters is 1. The molecule has 2 aromatic heterocycles. The van der Waals surface area contributed by atoms with Gasteiger partial charge in [-0.1, -0.05) is 0 Å². The Morgan fingerprint density at radius 1 is 0.769 bits per heavy atom. The number of carbonyl (C=O) groups excluding carboxylic acids is 1. The molecule has 0 saturated carbocycles. The summed E-state index contributed by atoms with van der Waals surface area (Å²) in [5.74, 6) is -23.0. The highest BCUT2D eigenvalue weighted by Gasteiger charge is 2.40. The highest BCUT2D eigenvalue weighted by atomic mass is 19.2. The van der Waals surface area contributed by atoms with E-state index >= 15 is 0 Å². The normalized spacial score (nSPS) is 11.2. The van der Waals surface area contributed by atoms with Crippen LogP contribution in [0.3, 0.4) is 0 Å². The number of aromatic nitrogens is 2. The second-order valence-electron chi connectivity index (χ2n) is 4.66. The van der Waals surface area contributed by atoms with Crippen molar-refractivity contribution in [2.45, 2.75) is 12.8 Å². The van der Waals surface area contributed by atoms with E-state index in [4.69, 9.17) is 0 Å². The molecule has 0 aromatic carbocycles. The second-order valence-corrected chi connectivity index (χ2v) is 4.66. The fraction of sp³-hybridized carbons (Fsp3) is 0.214. The van der Waals surface area contributed by atoms with Gasteiger partial charge in [0.15, 0.2) is 23.3 Å². The summed E-state index contributed by atoms with van der Waals surface area (Å²) in [6, 6.07) is 0. The molecule has 0 aliphatic heterocycles. The molecule has 0 N–H and O–H groups in total. The average Bonchev–Trinajstić information content (AvgIpc) is 2.57. The molecule has 0 bridgehead atoms. The molecule has 0 atom stereocenters. The number of ether oxygens (including phenoxy) is 1. The van der Waals surface area contributed by atoms with Crippen LogP contribution in [-0.2, 0) is 9.53 Å². The summed E-state index contributed by atoms with van der Waals surface area (Å²) >= 11 is 0. The van der Waals surface area contributed by atoms with Gasteiger partial charge in [-0.15, -0.1) is 0 Å². The highest BCUT2D eigenvalue weighted by Crippen LogP contribution is 2.35. The van der Waals surface area contributed by atoms with Crippen molar-refractivity contribution in [3.63, 3.8) is 0 Å². The smallest absolute Gasteiger partial charge is 0.318 e. The molecule has 0 saturated heterocycles. The summed E-state index contributed by atoms with van der Waals surface area (Å²) in [4.78, 5) is 16.4. The molecule has 0 spiro atoms.